The third kappa shape index (κ3) is 5.95. The average molecular weight is 286 g/mol. The second kappa shape index (κ2) is 8.45. The Labute approximate surface area is 118 Å². The van der Waals surface area contributed by atoms with Crippen molar-refractivity contribution >= 4 is 23.5 Å². The Balaban J connectivity index is 5.39. The van der Waals surface area contributed by atoms with Crippen molar-refractivity contribution in [1.29, 1.82) is 0 Å². The Bertz CT molecular complexity index is 369. The van der Waals surface area contributed by atoms with Gasteiger partial charge in [-0.3, -0.25) is 19.2 Å². The van der Waals surface area contributed by atoms with Crippen molar-refractivity contribution in [2.45, 2.75) is 47.0 Å². The van der Waals surface area contributed by atoms with E-state index in [0.717, 1.165) is 0 Å². The monoisotopic (exact) mass is 286 g/mol. The summed E-state index contributed by atoms with van der Waals surface area (Å²) in [7, 11) is 0. The first-order valence-electron chi connectivity index (χ1n) is 6.59. The lowest BCUT2D eigenvalue weighted by molar-refractivity contribution is -0.165. The second-order valence-corrected chi connectivity index (χ2v) is 4.74. The van der Waals surface area contributed by atoms with E-state index >= 15 is 0 Å². The number of hydrogen-bond donors (Lipinski definition) is 0. The largest absolute Gasteiger partial charge is 0.466 e. The van der Waals surface area contributed by atoms with E-state index in [0.29, 0.717) is 0 Å². The van der Waals surface area contributed by atoms with E-state index in [1.807, 2.05) is 0 Å². The second-order valence-electron chi connectivity index (χ2n) is 4.74. The van der Waals surface area contributed by atoms with Crippen LogP contribution in [0.4, 0.5) is 0 Å². The molecule has 0 aliphatic heterocycles. The van der Waals surface area contributed by atoms with Gasteiger partial charge >= 0.3 is 11.9 Å². The Morgan fingerprint density at radius 3 is 1.60 bits per heavy atom. The topological polar surface area (TPSA) is 86.7 Å². The van der Waals surface area contributed by atoms with Gasteiger partial charge in [0.1, 0.15) is 11.6 Å². The van der Waals surface area contributed by atoms with Crippen LogP contribution in [0.2, 0.25) is 0 Å². The molecule has 0 bridgehead atoms. The van der Waals surface area contributed by atoms with Crippen LogP contribution in [0.3, 0.4) is 0 Å². The normalized spacial score (nSPS) is 10.8. The molecule has 0 heterocycles. The minimum Gasteiger partial charge on any atom is -0.466 e. The van der Waals surface area contributed by atoms with E-state index in [-0.39, 0.29) is 44.0 Å². The van der Waals surface area contributed by atoms with E-state index in [4.69, 9.17) is 9.47 Å². The van der Waals surface area contributed by atoms with E-state index in [1.54, 1.807) is 13.8 Å². The molecule has 0 saturated heterocycles. The summed E-state index contributed by atoms with van der Waals surface area (Å²) in [5, 5.41) is 0. The third-order valence-electron chi connectivity index (χ3n) is 2.67. The van der Waals surface area contributed by atoms with Crippen molar-refractivity contribution in [3.63, 3.8) is 0 Å². The molecule has 6 nitrogen and oxygen atoms in total. The van der Waals surface area contributed by atoms with Gasteiger partial charge in [0.15, 0.2) is 0 Å². The van der Waals surface area contributed by atoms with Crippen LogP contribution in [-0.4, -0.2) is 36.7 Å². The molecule has 0 unspecified atom stereocenters. The predicted octanol–water partition coefficient (Wildman–Crippen LogP) is 1.45. The molecule has 0 N–H and O–H groups in total. The van der Waals surface area contributed by atoms with Gasteiger partial charge in [0.25, 0.3) is 0 Å². The number of Topliss-reactive ketones (excluding diaryl/α,β-unsaturated/α-hetero) is 2. The summed E-state index contributed by atoms with van der Waals surface area (Å²) in [4.78, 5) is 46.7. The molecule has 0 rings (SSSR count). The third-order valence-corrected chi connectivity index (χ3v) is 2.67. The number of ketones is 2. The molecule has 0 atom stereocenters. The lowest BCUT2D eigenvalue weighted by Crippen LogP contribution is -2.39. The highest BCUT2D eigenvalue weighted by Gasteiger charge is 2.44. The van der Waals surface area contributed by atoms with Gasteiger partial charge in [-0.2, -0.15) is 0 Å². The number of carbonyl (C=O) groups is 4. The molecule has 0 amide bonds. The fourth-order valence-electron chi connectivity index (χ4n) is 2.13. The van der Waals surface area contributed by atoms with Crippen LogP contribution < -0.4 is 0 Å². The molecule has 0 spiro atoms. The Morgan fingerprint density at radius 1 is 0.800 bits per heavy atom. The van der Waals surface area contributed by atoms with Crippen molar-refractivity contribution in [2.24, 2.45) is 5.41 Å². The predicted molar refractivity (Wildman–Crippen MR) is 70.9 cm³/mol. The van der Waals surface area contributed by atoms with Gasteiger partial charge in [-0.25, -0.2) is 0 Å². The number of hydrogen-bond acceptors (Lipinski definition) is 6. The first-order chi connectivity index (χ1) is 9.27. The molecule has 0 radical (unpaired) electrons. The van der Waals surface area contributed by atoms with Crippen LogP contribution >= 0.6 is 0 Å². The molecule has 0 aromatic heterocycles. The van der Waals surface area contributed by atoms with Crippen LogP contribution in [-0.2, 0) is 28.7 Å². The van der Waals surface area contributed by atoms with Crippen molar-refractivity contribution in [3.05, 3.63) is 0 Å². The number of carbonyl (C=O) groups excluding carboxylic acids is 4. The van der Waals surface area contributed by atoms with Gasteiger partial charge in [0.2, 0.25) is 0 Å². The first kappa shape index (κ1) is 18.3. The maximum absolute atomic E-state index is 12.1. The zero-order chi connectivity index (χ0) is 15.8. The quantitative estimate of drug-likeness (QED) is 0.596. The lowest BCUT2D eigenvalue weighted by Gasteiger charge is -2.28. The van der Waals surface area contributed by atoms with Crippen molar-refractivity contribution in [2.75, 3.05) is 13.2 Å². The zero-order valence-electron chi connectivity index (χ0n) is 12.5. The fourth-order valence-corrected chi connectivity index (χ4v) is 2.13. The highest BCUT2D eigenvalue weighted by Crippen LogP contribution is 2.34. The highest BCUT2D eigenvalue weighted by molar-refractivity contribution is 5.93. The number of rotatable bonds is 9. The fraction of sp³-hybridized carbons (Fsp3) is 0.714. The van der Waals surface area contributed by atoms with Crippen LogP contribution in [0.1, 0.15) is 47.0 Å². The average Bonchev–Trinajstić information content (AvgIpc) is 2.27. The summed E-state index contributed by atoms with van der Waals surface area (Å²) < 4.78 is 9.76. The van der Waals surface area contributed by atoms with E-state index < -0.39 is 17.4 Å². The van der Waals surface area contributed by atoms with Crippen LogP contribution in [0, 0.1) is 5.41 Å². The maximum Gasteiger partial charge on any atom is 0.313 e. The Morgan fingerprint density at radius 2 is 1.25 bits per heavy atom. The summed E-state index contributed by atoms with van der Waals surface area (Å²) in [6, 6.07) is 0. The van der Waals surface area contributed by atoms with Crippen LogP contribution in [0.25, 0.3) is 0 Å². The highest BCUT2D eigenvalue weighted by atomic mass is 16.5. The molecule has 0 aromatic carbocycles. The number of ether oxygens (including phenoxy) is 2. The SMILES string of the molecule is CCOC(=O)CC(CC(C)=O)(CC(C)=O)C(=O)OCC. The Hall–Kier alpha value is -1.72. The van der Waals surface area contributed by atoms with E-state index in [2.05, 4.69) is 0 Å². The van der Waals surface area contributed by atoms with Gasteiger partial charge in [0, 0.05) is 12.8 Å². The van der Waals surface area contributed by atoms with Gasteiger partial charge in [-0.15, -0.1) is 0 Å². The molecular formula is C14H22O6. The van der Waals surface area contributed by atoms with Gasteiger partial charge in [-0.05, 0) is 27.7 Å². The summed E-state index contributed by atoms with van der Waals surface area (Å²) >= 11 is 0. The standard InChI is InChI=1S/C14H22O6/c1-5-19-12(17)9-14(7-10(3)15,8-11(4)16)13(18)20-6-2/h5-9H2,1-4H3. The molecule has 0 aromatic rings. The molecule has 114 valence electrons. The van der Waals surface area contributed by atoms with Gasteiger partial charge in [0.05, 0.1) is 25.0 Å². The molecule has 0 saturated carbocycles. The molecule has 6 heteroatoms. The summed E-state index contributed by atoms with van der Waals surface area (Å²) in [5.41, 5.74) is -1.46. The molecule has 0 aliphatic rings. The minimum atomic E-state index is -1.46. The van der Waals surface area contributed by atoms with Crippen LogP contribution in [0.15, 0.2) is 0 Å². The summed E-state index contributed by atoms with van der Waals surface area (Å²) in [6.45, 7) is 6.14. The van der Waals surface area contributed by atoms with E-state index in [9.17, 15) is 19.2 Å². The smallest absolute Gasteiger partial charge is 0.313 e. The minimum absolute atomic E-state index is 0.110. The van der Waals surface area contributed by atoms with Gasteiger partial charge < -0.3 is 9.47 Å². The maximum atomic E-state index is 12.1. The Kier molecular flexibility index (Phi) is 7.72. The van der Waals surface area contributed by atoms with Gasteiger partial charge in [-0.1, -0.05) is 0 Å². The summed E-state index contributed by atoms with van der Waals surface area (Å²) in [6.07, 6.45) is -0.771. The van der Waals surface area contributed by atoms with Crippen molar-refractivity contribution in [3.8, 4) is 0 Å². The molecule has 0 aliphatic carbocycles. The molecule has 20 heavy (non-hydrogen) atoms. The molecule has 0 fully saturated rings. The van der Waals surface area contributed by atoms with Crippen molar-refractivity contribution in [1.82, 2.24) is 0 Å². The lowest BCUT2D eigenvalue weighted by atomic mass is 9.75. The first-order valence-corrected chi connectivity index (χ1v) is 6.59. The zero-order valence-corrected chi connectivity index (χ0v) is 12.5. The summed E-state index contributed by atoms with van der Waals surface area (Å²) in [5.74, 6) is -1.91. The van der Waals surface area contributed by atoms with Crippen molar-refractivity contribution < 1.29 is 28.7 Å². The van der Waals surface area contributed by atoms with E-state index in [1.165, 1.54) is 13.8 Å². The number of esters is 2. The molecular weight excluding hydrogens is 264 g/mol. The van der Waals surface area contributed by atoms with Crippen LogP contribution in [0.5, 0.6) is 0 Å².